The second-order valence-electron chi connectivity index (χ2n) is 16.2. The Bertz CT molecular complexity index is 3600. The van der Waals surface area contributed by atoms with E-state index in [9.17, 15) is 0 Å². The van der Waals surface area contributed by atoms with Gasteiger partial charge in [-0.15, -0.1) is 0 Å². The maximum atomic E-state index is 2.39. The number of hydrogen-bond acceptors (Lipinski definition) is 1. The van der Waals surface area contributed by atoms with Crippen molar-refractivity contribution in [2.75, 3.05) is 4.90 Å². The fraction of sp³-hybridized carbons (Fsp3) is 0. The van der Waals surface area contributed by atoms with E-state index in [1.165, 1.54) is 93.2 Å². The van der Waals surface area contributed by atoms with Gasteiger partial charge in [0.05, 0.1) is 11.0 Å². The van der Waals surface area contributed by atoms with Crippen LogP contribution in [0, 0.1) is 0 Å². The van der Waals surface area contributed by atoms with Gasteiger partial charge in [-0.25, -0.2) is 0 Å². The van der Waals surface area contributed by atoms with Gasteiger partial charge < -0.3 is 9.47 Å². The normalized spacial score (nSPS) is 11.5. The van der Waals surface area contributed by atoms with Gasteiger partial charge in [-0.05, 0) is 145 Å². The Hall–Kier alpha value is -8.20. The van der Waals surface area contributed by atoms with Crippen LogP contribution >= 0.6 is 0 Å². The van der Waals surface area contributed by atoms with E-state index in [1.54, 1.807) is 0 Å². The van der Waals surface area contributed by atoms with Crippen molar-refractivity contribution in [1.82, 2.24) is 4.57 Å². The number of hydrogen-bond donors (Lipinski definition) is 0. The number of para-hydroxylation sites is 2. The summed E-state index contributed by atoms with van der Waals surface area (Å²) in [5.41, 5.74) is 14.1. The van der Waals surface area contributed by atoms with Gasteiger partial charge in [0, 0.05) is 33.5 Å². The maximum Gasteiger partial charge on any atom is 0.0541 e. The number of anilines is 3. The van der Waals surface area contributed by atoms with Crippen LogP contribution in [0.25, 0.3) is 93.2 Å². The van der Waals surface area contributed by atoms with Gasteiger partial charge >= 0.3 is 0 Å². The fourth-order valence-corrected chi connectivity index (χ4v) is 9.51. The van der Waals surface area contributed by atoms with Crippen molar-refractivity contribution in [3.05, 3.63) is 243 Å². The van der Waals surface area contributed by atoms with Crippen molar-refractivity contribution in [2.24, 2.45) is 0 Å². The number of aromatic nitrogens is 1. The first-order valence-electron chi connectivity index (χ1n) is 21.3. The number of fused-ring (bicyclic) bond motifs is 7. The van der Waals surface area contributed by atoms with Crippen LogP contribution in [-0.2, 0) is 0 Å². The molecule has 0 aliphatic heterocycles. The Balaban J connectivity index is 0.976. The molecule has 0 amide bonds. The molecule has 290 valence electrons. The van der Waals surface area contributed by atoms with Gasteiger partial charge in [0.1, 0.15) is 0 Å². The molecule has 12 rings (SSSR count). The summed E-state index contributed by atoms with van der Waals surface area (Å²) in [5.74, 6) is 0. The maximum absolute atomic E-state index is 2.39. The molecule has 0 bridgehead atoms. The summed E-state index contributed by atoms with van der Waals surface area (Å²) in [7, 11) is 0. The summed E-state index contributed by atoms with van der Waals surface area (Å²) >= 11 is 0. The monoisotopic (exact) mass is 788 g/mol. The van der Waals surface area contributed by atoms with Crippen molar-refractivity contribution in [3.63, 3.8) is 0 Å². The van der Waals surface area contributed by atoms with E-state index in [0.29, 0.717) is 0 Å². The van der Waals surface area contributed by atoms with E-state index < -0.39 is 0 Å². The van der Waals surface area contributed by atoms with Gasteiger partial charge in [-0.3, -0.25) is 0 Å². The van der Waals surface area contributed by atoms with Crippen molar-refractivity contribution in [3.8, 4) is 39.1 Å². The molecule has 1 aromatic heterocycles. The van der Waals surface area contributed by atoms with Crippen LogP contribution in [0.15, 0.2) is 243 Å². The molecular formula is C60H40N2. The Morgan fingerprint density at radius 2 is 0.742 bits per heavy atom. The Labute approximate surface area is 360 Å². The Kier molecular flexibility index (Phi) is 8.53. The van der Waals surface area contributed by atoms with Crippen LogP contribution in [0.4, 0.5) is 17.1 Å². The molecule has 0 aliphatic carbocycles. The smallest absolute Gasteiger partial charge is 0.0541 e. The zero-order chi connectivity index (χ0) is 41.0. The van der Waals surface area contributed by atoms with E-state index in [4.69, 9.17) is 0 Å². The number of rotatable bonds is 7. The van der Waals surface area contributed by atoms with Gasteiger partial charge in [-0.1, -0.05) is 164 Å². The molecular weight excluding hydrogens is 749 g/mol. The van der Waals surface area contributed by atoms with E-state index in [0.717, 1.165) is 17.1 Å². The topological polar surface area (TPSA) is 8.17 Å². The highest BCUT2D eigenvalue weighted by Crippen LogP contribution is 2.42. The summed E-state index contributed by atoms with van der Waals surface area (Å²) in [4.78, 5) is 2.39. The second-order valence-corrected chi connectivity index (χ2v) is 16.2. The predicted octanol–water partition coefficient (Wildman–Crippen LogP) is 16.7. The highest BCUT2D eigenvalue weighted by molar-refractivity contribution is 6.11. The van der Waals surface area contributed by atoms with Gasteiger partial charge in [0.25, 0.3) is 0 Å². The Morgan fingerprint density at radius 3 is 1.44 bits per heavy atom. The minimum atomic E-state index is 1.10. The summed E-state index contributed by atoms with van der Waals surface area (Å²) in [6.45, 7) is 0. The lowest BCUT2D eigenvalue weighted by molar-refractivity contribution is 1.18. The first-order valence-corrected chi connectivity index (χ1v) is 21.3. The molecule has 0 saturated heterocycles. The highest BCUT2D eigenvalue weighted by Gasteiger charge is 2.18. The average molecular weight is 789 g/mol. The molecule has 0 spiro atoms. The van der Waals surface area contributed by atoms with Crippen LogP contribution in [0.1, 0.15) is 0 Å². The lowest BCUT2D eigenvalue weighted by atomic mass is 9.91. The minimum Gasteiger partial charge on any atom is -0.310 e. The zero-order valence-electron chi connectivity index (χ0n) is 34.0. The lowest BCUT2D eigenvalue weighted by Gasteiger charge is -2.26. The highest BCUT2D eigenvalue weighted by atomic mass is 15.1. The van der Waals surface area contributed by atoms with E-state index in [2.05, 4.69) is 252 Å². The molecule has 62 heavy (non-hydrogen) atoms. The molecule has 2 heteroatoms. The third kappa shape index (κ3) is 6.12. The van der Waals surface area contributed by atoms with Gasteiger partial charge in [-0.2, -0.15) is 0 Å². The minimum absolute atomic E-state index is 1.10. The standard InChI is InChI=1S/C60H40N2/c1-3-13-42(14-4-1)55-37-46-16-7-8-17-47(46)38-56(55)45-27-33-51(34-28-45)61(52-35-29-44-24-23-43-15-9-10-20-53(43)57(44)40-52)50-31-25-41(26-32-50)48-30-36-60-58(39-48)54-21-11-12-22-59(54)62(60)49-18-5-2-6-19-49/h1-40H. The van der Waals surface area contributed by atoms with Crippen molar-refractivity contribution in [2.45, 2.75) is 0 Å². The SMILES string of the molecule is c1ccc(-c2cc3ccccc3cc2-c2ccc(N(c3ccc(-c4ccc5c(c4)c4ccccc4n5-c4ccccc4)cc3)c3ccc4ccc5ccccc5c4c3)cc2)cc1. The average Bonchev–Trinajstić information content (AvgIpc) is 3.68. The number of benzene rings is 11. The molecule has 1 heterocycles. The summed E-state index contributed by atoms with van der Waals surface area (Å²) in [6, 6.07) is 88.5. The van der Waals surface area contributed by atoms with E-state index in [-0.39, 0.29) is 0 Å². The molecule has 12 aromatic rings. The summed E-state index contributed by atoms with van der Waals surface area (Å²) in [5, 5.41) is 9.94. The molecule has 0 aliphatic rings. The van der Waals surface area contributed by atoms with Crippen LogP contribution < -0.4 is 4.90 Å². The van der Waals surface area contributed by atoms with Crippen LogP contribution in [-0.4, -0.2) is 4.57 Å². The molecule has 2 nitrogen and oxygen atoms in total. The van der Waals surface area contributed by atoms with Crippen LogP contribution in [0.5, 0.6) is 0 Å². The number of nitrogens with zero attached hydrogens (tertiary/aromatic N) is 2. The third-order valence-electron chi connectivity index (χ3n) is 12.5. The first-order chi connectivity index (χ1) is 30.7. The first kappa shape index (κ1) is 35.7. The molecule has 0 N–H and O–H groups in total. The molecule has 11 aromatic carbocycles. The van der Waals surface area contributed by atoms with Crippen LogP contribution in [0.3, 0.4) is 0 Å². The van der Waals surface area contributed by atoms with E-state index in [1.807, 2.05) is 0 Å². The summed E-state index contributed by atoms with van der Waals surface area (Å²) in [6.07, 6.45) is 0. The predicted molar refractivity (Wildman–Crippen MR) is 264 cm³/mol. The van der Waals surface area contributed by atoms with Gasteiger partial charge in [0.15, 0.2) is 0 Å². The Morgan fingerprint density at radius 1 is 0.258 bits per heavy atom. The summed E-state index contributed by atoms with van der Waals surface area (Å²) < 4.78 is 2.37. The third-order valence-corrected chi connectivity index (χ3v) is 12.5. The largest absolute Gasteiger partial charge is 0.310 e. The van der Waals surface area contributed by atoms with Crippen molar-refractivity contribution < 1.29 is 0 Å². The quantitative estimate of drug-likeness (QED) is 0.146. The second kappa shape index (κ2) is 14.8. The van der Waals surface area contributed by atoms with Crippen molar-refractivity contribution in [1.29, 1.82) is 0 Å². The fourth-order valence-electron chi connectivity index (χ4n) is 9.51. The zero-order valence-corrected chi connectivity index (χ0v) is 34.0. The molecule has 0 saturated carbocycles. The van der Waals surface area contributed by atoms with Gasteiger partial charge in [0.2, 0.25) is 0 Å². The molecule has 0 fully saturated rings. The lowest BCUT2D eigenvalue weighted by Crippen LogP contribution is -2.10. The van der Waals surface area contributed by atoms with E-state index >= 15 is 0 Å². The molecule has 0 atom stereocenters. The molecule has 0 unspecified atom stereocenters. The van der Waals surface area contributed by atoms with Crippen molar-refractivity contribution >= 4 is 71.2 Å². The molecule has 0 radical (unpaired) electrons. The van der Waals surface area contributed by atoms with Crippen LogP contribution in [0.2, 0.25) is 0 Å².